The Balaban J connectivity index is 2.39. The normalized spacial score (nSPS) is 18.5. The fourth-order valence-electron chi connectivity index (χ4n) is 2.49. The second-order valence-electron chi connectivity index (χ2n) is 5.20. The van der Waals surface area contributed by atoms with Crippen molar-refractivity contribution in [2.45, 2.75) is 18.2 Å². The van der Waals surface area contributed by atoms with E-state index in [-0.39, 0.29) is 22.6 Å². The first kappa shape index (κ1) is 16.9. The number of hydrogen-bond donors (Lipinski definition) is 2. The zero-order chi connectivity index (χ0) is 16.7. The van der Waals surface area contributed by atoms with E-state index in [9.17, 15) is 18.0 Å². The lowest BCUT2D eigenvalue weighted by Crippen LogP contribution is -2.31. The molecule has 0 spiro atoms. The first-order valence-corrected chi connectivity index (χ1v) is 8.80. The Morgan fingerprint density at radius 3 is 2.55 bits per heavy atom. The van der Waals surface area contributed by atoms with Gasteiger partial charge in [0.25, 0.3) is 5.91 Å². The van der Waals surface area contributed by atoms with E-state index >= 15 is 0 Å². The molecule has 1 aromatic carbocycles. The van der Waals surface area contributed by atoms with Crippen LogP contribution in [0.15, 0.2) is 21.5 Å². The summed E-state index contributed by atoms with van der Waals surface area (Å²) in [5.74, 6) is -1.92. The number of primary sulfonamides is 1. The van der Waals surface area contributed by atoms with Crippen LogP contribution in [0.25, 0.3) is 0 Å². The standard InChI is InChI=1S/C13H15BrN2O5S/c1-7-10(4-9(14)5-11(7)22(15,20)21)12(17)16-3-2-8(6-16)13(18)19/h4-5,8H,2-3,6H2,1H3,(H,18,19)(H2,15,20,21). The van der Waals surface area contributed by atoms with E-state index in [1.165, 1.54) is 24.0 Å². The van der Waals surface area contributed by atoms with Crippen LogP contribution in [-0.4, -0.2) is 43.4 Å². The summed E-state index contributed by atoms with van der Waals surface area (Å²) >= 11 is 3.17. The Kier molecular flexibility index (Phi) is 4.59. The van der Waals surface area contributed by atoms with Gasteiger partial charge in [0, 0.05) is 23.1 Å². The van der Waals surface area contributed by atoms with Crippen molar-refractivity contribution >= 4 is 37.8 Å². The van der Waals surface area contributed by atoms with Crippen LogP contribution in [0.3, 0.4) is 0 Å². The second kappa shape index (κ2) is 5.98. The minimum Gasteiger partial charge on any atom is -0.481 e. The van der Waals surface area contributed by atoms with Gasteiger partial charge in [-0.2, -0.15) is 0 Å². The molecule has 2 rings (SSSR count). The molecule has 0 radical (unpaired) electrons. The maximum Gasteiger partial charge on any atom is 0.308 e. The Morgan fingerprint density at radius 2 is 2.05 bits per heavy atom. The maximum absolute atomic E-state index is 12.5. The van der Waals surface area contributed by atoms with E-state index in [1.807, 2.05) is 0 Å². The lowest BCUT2D eigenvalue weighted by atomic mass is 10.1. The summed E-state index contributed by atoms with van der Waals surface area (Å²) in [7, 11) is -3.95. The molecule has 0 aromatic heterocycles. The van der Waals surface area contributed by atoms with E-state index in [2.05, 4.69) is 15.9 Å². The maximum atomic E-state index is 12.5. The largest absolute Gasteiger partial charge is 0.481 e. The summed E-state index contributed by atoms with van der Waals surface area (Å²) in [6, 6.07) is 2.85. The van der Waals surface area contributed by atoms with Gasteiger partial charge in [-0.3, -0.25) is 9.59 Å². The Labute approximate surface area is 136 Å². The van der Waals surface area contributed by atoms with Crippen LogP contribution >= 0.6 is 15.9 Å². The number of sulfonamides is 1. The number of hydrogen-bond acceptors (Lipinski definition) is 4. The molecule has 1 aromatic rings. The molecule has 3 N–H and O–H groups in total. The zero-order valence-electron chi connectivity index (χ0n) is 11.7. The van der Waals surface area contributed by atoms with E-state index in [0.29, 0.717) is 17.4 Å². The third-order valence-electron chi connectivity index (χ3n) is 3.69. The number of aliphatic carboxylic acids is 1. The number of carbonyl (C=O) groups excluding carboxylic acids is 1. The van der Waals surface area contributed by atoms with Gasteiger partial charge < -0.3 is 10.0 Å². The highest BCUT2D eigenvalue weighted by Gasteiger charge is 2.32. The van der Waals surface area contributed by atoms with Gasteiger partial charge in [-0.1, -0.05) is 15.9 Å². The molecule has 7 nitrogen and oxygen atoms in total. The van der Waals surface area contributed by atoms with Gasteiger partial charge >= 0.3 is 5.97 Å². The number of nitrogens with zero attached hydrogens (tertiary/aromatic N) is 1. The van der Waals surface area contributed by atoms with Gasteiger partial charge in [0.1, 0.15) is 0 Å². The van der Waals surface area contributed by atoms with Crippen molar-refractivity contribution < 1.29 is 23.1 Å². The number of carboxylic acid groups (broad SMARTS) is 1. The molecule has 1 unspecified atom stereocenters. The average molecular weight is 391 g/mol. The molecule has 0 bridgehead atoms. The number of carbonyl (C=O) groups is 2. The summed E-state index contributed by atoms with van der Waals surface area (Å²) in [6.45, 7) is 1.95. The SMILES string of the molecule is Cc1c(C(=O)N2CCC(C(=O)O)C2)cc(Br)cc1S(N)(=O)=O. The first-order chi connectivity index (χ1) is 10.1. The summed E-state index contributed by atoms with van der Waals surface area (Å²) in [4.78, 5) is 24.8. The van der Waals surface area contributed by atoms with Crippen LogP contribution in [0, 0.1) is 12.8 Å². The molecule has 1 saturated heterocycles. The van der Waals surface area contributed by atoms with Crippen LogP contribution in [-0.2, 0) is 14.8 Å². The molecular weight excluding hydrogens is 376 g/mol. The third-order valence-corrected chi connectivity index (χ3v) is 5.18. The Morgan fingerprint density at radius 1 is 1.41 bits per heavy atom. The fraction of sp³-hybridized carbons (Fsp3) is 0.385. The van der Waals surface area contributed by atoms with Crippen LogP contribution in [0.4, 0.5) is 0 Å². The van der Waals surface area contributed by atoms with Crippen molar-refractivity contribution in [3.8, 4) is 0 Å². The highest BCUT2D eigenvalue weighted by molar-refractivity contribution is 9.10. The number of carboxylic acids is 1. The molecule has 1 fully saturated rings. The highest BCUT2D eigenvalue weighted by Crippen LogP contribution is 2.27. The quantitative estimate of drug-likeness (QED) is 0.796. The minimum absolute atomic E-state index is 0.116. The van der Waals surface area contributed by atoms with Gasteiger partial charge in [0.05, 0.1) is 10.8 Å². The summed E-state index contributed by atoms with van der Waals surface area (Å²) < 4.78 is 23.6. The summed E-state index contributed by atoms with van der Waals surface area (Å²) in [5, 5.41) is 14.2. The lowest BCUT2D eigenvalue weighted by Gasteiger charge is -2.18. The molecule has 1 atom stereocenters. The van der Waals surface area contributed by atoms with E-state index in [4.69, 9.17) is 10.2 Å². The van der Waals surface area contributed by atoms with Crippen molar-refractivity contribution in [2.24, 2.45) is 11.1 Å². The molecule has 1 aliphatic heterocycles. The molecule has 0 aliphatic carbocycles. The van der Waals surface area contributed by atoms with Gasteiger partial charge in [-0.05, 0) is 31.0 Å². The van der Waals surface area contributed by atoms with Crippen LogP contribution in [0.2, 0.25) is 0 Å². The van der Waals surface area contributed by atoms with E-state index in [1.54, 1.807) is 0 Å². The molecule has 22 heavy (non-hydrogen) atoms. The molecule has 1 aliphatic rings. The van der Waals surface area contributed by atoms with E-state index < -0.39 is 27.8 Å². The second-order valence-corrected chi connectivity index (χ2v) is 7.64. The van der Waals surface area contributed by atoms with Crippen molar-refractivity contribution in [2.75, 3.05) is 13.1 Å². The van der Waals surface area contributed by atoms with Gasteiger partial charge in [0.15, 0.2) is 0 Å². The Hall–Kier alpha value is -1.45. The first-order valence-electron chi connectivity index (χ1n) is 6.46. The Bertz CT molecular complexity index is 747. The van der Waals surface area contributed by atoms with E-state index in [0.717, 1.165) is 0 Å². The average Bonchev–Trinajstić information content (AvgIpc) is 2.88. The highest BCUT2D eigenvalue weighted by atomic mass is 79.9. The minimum atomic E-state index is -3.95. The number of halogens is 1. The number of amides is 1. The molecule has 9 heteroatoms. The van der Waals surface area contributed by atoms with Crippen LogP contribution in [0.1, 0.15) is 22.3 Å². The topological polar surface area (TPSA) is 118 Å². The van der Waals surface area contributed by atoms with Gasteiger partial charge in [-0.15, -0.1) is 0 Å². The molecule has 1 amide bonds. The summed E-state index contributed by atoms with van der Waals surface area (Å²) in [5.41, 5.74) is 0.457. The monoisotopic (exact) mass is 390 g/mol. The lowest BCUT2D eigenvalue weighted by molar-refractivity contribution is -0.141. The molecular formula is C13H15BrN2O5S. The zero-order valence-corrected chi connectivity index (χ0v) is 14.1. The van der Waals surface area contributed by atoms with Crippen LogP contribution < -0.4 is 5.14 Å². The molecule has 120 valence electrons. The third kappa shape index (κ3) is 3.31. The smallest absolute Gasteiger partial charge is 0.308 e. The van der Waals surface area contributed by atoms with Gasteiger partial charge in [-0.25, -0.2) is 13.6 Å². The predicted molar refractivity (Wildman–Crippen MR) is 81.9 cm³/mol. The molecule has 0 saturated carbocycles. The summed E-state index contributed by atoms with van der Waals surface area (Å²) in [6.07, 6.45) is 0.385. The van der Waals surface area contributed by atoms with Crippen LogP contribution in [0.5, 0.6) is 0 Å². The number of rotatable bonds is 3. The van der Waals surface area contributed by atoms with Gasteiger partial charge in [0.2, 0.25) is 10.0 Å². The van der Waals surface area contributed by atoms with Crippen molar-refractivity contribution in [1.29, 1.82) is 0 Å². The van der Waals surface area contributed by atoms with Crippen molar-refractivity contribution in [3.05, 3.63) is 27.7 Å². The number of nitrogens with two attached hydrogens (primary N) is 1. The number of likely N-dealkylation sites (tertiary alicyclic amines) is 1. The number of benzene rings is 1. The van der Waals surface area contributed by atoms with Crippen molar-refractivity contribution in [1.82, 2.24) is 4.90 Å². The van der Waals surface area contributed by atoms with Crippen molar-refractivity contribution in [3.63, 3.8) is 0 Å². The predicted octanol–water partition coefficient (Wildman–Crippen LogP) is 0.952. The molecule has 1 heterocycles. The fourth-order valence-corrected chi connectivity index (χ4v) is 3.93.